The molecule has 1 atom stereocenters. The number of benzene rings is 3. The molecule has 2 aliphatic heterocycles. The Kier molecular flexibility index (Phi) is 10.9. The van der Waals surface area contributed by atoms with Crippen molar-refractivity contribution in [1.29, 1.82) is 0 Å². The Bertz CT molecular complexity index is 1580. The number of nitro groups is 1. The van der Waals surface area contributed by atoms with E-state index in [9.17, 15) is 19.7 Å². The van der Waals surface area contributed by atoms with Crippen molar-refractivity contribution in [3.63, 3.8) is 0 Å². The third-order valence-corrected chi connectivity index (χ3v) is 9.69. The van der Waals surface area contributed by atoms with Gasteiger partial charge in [-0.2, -0.15) is 0 Å². The summed E-state index contributed by atoms with van der Waals surface area (Å²) >= 11 is 0. The summed E-state index contributed by atoms with van der Waals surface area (Å²) in [6.07, 6.45) is 3.97. The maximum Gasteiger partial charge on any atom is 0.269 e. The Labute approximate surface area is 277 Å². The summed E-state index contributed by atoms with van der Waals surface area (Å²) in [4.78, 5) is 40.6. The number of dihydropyridines is 1. The summed E-state index contributed by atoms with van der Waals surface area (Å²) in [6.45, 7) is 7.23. The van der Waals surface area contributed by atoms with Crippen LogP contribution in [0.3, 0.4) is 0 Å². The smallest absolute Gasteiger partial charge is 0.269 e. The molecule has 5 rings (SSSR count). The molecule has 47 heavy (non-hydrogen) atoms. The zero-order valence-corrected chi connectivity index (χ0v) is 27.6. The van der Waals surface area contributed by atoms with E-state index in [2.05, 4.69) is 81.5 Å². The molecule has 246 valence electrons. The first-order valence-corrected chi connectivity index (χ1v) is 16.6. The summed E-state index contributed by atoms with van der Waals surface area (Å²) in [5, 5.41) is 20.6. The second-order valence-corrected chi connectivity index (χ2v) is 12.2. The molecule has 9 nitrogen and oxygen atoms in total. The SMILES string of the molecule is CCC1=C(C(=O)NC)C(c2ccc([N+](=O)[O-])cc2)C(C(=O)NCCCN2CCC(c3ccccc3)(c3ccccc3)CC2)=C(CC)N1. The summed E-state index contributed by atoms with van der Waals surface area (Å²) in [5.74, 6) is -1.18. The number of likely N-dealkylation sites (N-methyl/N-ethyl adjacent to an activating group) is 1. The summed E-state index contributed by atoms with van der Waals surface area (Å²) in [6, 6.07) is 27.8. The zero-order chi connectivity index (χ0) is 33.4. The average molecular weight is 636 g/mol. The first-order valence-electron chi connectivity index (χ1n) is 16.6. The highest BCUT2D eigenvalue weighted by Crippen LogP contribution is 2.42. The molecule has 0 radical (unpaired) electrons. The number of rotatable bonds is 12. The van der Waals surface area contributed by atoms with Crippen LogP contribution >= 0.6 is 0 Å². The van der Waals surface area contributed by atoms with E-state index in [1.807, 2.05) is 13.8 Å². The molecule has 0 bridgehead atoms. The van der Waals surface area contributed by atoms with Crippen LogP contribution in [-0.2, 0) is 15.0 Å². The number of likely N-dealkylation sites (tertiary alicyclic amines) is 1. The maximum absolute atomic E-state index is 13.9. The molecule has 0 aliphatic carbocycles. The van der Waals surface area contributed by atoms with Gasteiger partial charge in [-0.3, -0.25) is 19.7 Å². The van der Waals surface area contributed by atoms with Crippen molar-refractivity contribution in [2.24, 2.45) is 0 Å². The van der Waals surface area contributed by atoms with Gasteiger partial charge in [0.1, 0.15) is 0 Å². The number of nitro benzene ring substituents is 1. The first-order chi connectivity index (χ1) is 22.8. The van der Waals surface area contributed by atoms with E-state index in [1.54, 1.807) is 19.2 Å². The van der Waals surface area contributed by atoms with Crippen LogP contribution in [0.1, 0.15) is 68.6 Å². The van der Waals surface area contributed by atoms with Crippen molar-refractivity contribution < 1.29 is 14.5 Å². The van der Waals surface area contributed by atoms with Crippen molar-refractivity contribution in [3.05, 3.63) is 134 Å². The van der Waals surface area contributed by atoms with Crippen molar-refractivity contribution in [3.8, 4) is 0 Å². The van der Waals surface area contributed by atoms with Gasteiger partial charge >= 0.3 is 0 Å². The van der Waals surface area contributed by atoms with Crippen LogP contribution in [0.25, 0.3) is 0 Å². The lowest BCUT2D eigenvalue weighted by Crippen LogP contribution is -2.44. The van der Waals surface area contributed by atoms with Crippen LogP contribution < -0.4 is 16.0 Å². The highest BCUT2D eigenvalue weighted by Gasteiger charge is 2.39. The number of allylic oxidation sites excluding steroid dienone is 2. The number of hydrogen-bond acceptors (Lipinski definition) is 6. The normalized spacial score (nSPS) is 18.0. The van der Waals surface area contributed by atoms with E-state index in [1.165, 1.54) is 23.3 Å². The highest BCUT2D eigenvalue weighted by atomic mass is 16.6. The number of nitrogens with zero attached hydrogens (tertiary/aromatic N) is 2. The molecule has 1 fully saturated rings. The van der Waals surface area contributed by atoms with Gasteiger partial charge in [-0.25, -0.2) is 0 Å². The number of amides is 2. The van der Waals surface area contributed by atoms with Gasteiger partial charge in [-0.1, -0.05) is 86.6 Å². The van der Waals surface area contributed by atoms with Gasteiger partial charge < -0.3 is 20.9 Å². The monoisotopic (exact) mass is 635 g/mol. The van der Waals surface area contributed by atoms with Gasteiger partial charge in [-0.15, -0.1) is 0 Å². The lowest BCUT2D eigenvalue weighted by Gasteiger charge is -2.43. The number of carbonyl (C=O) groups excluding carboxylic acids is 2. The fourth-order valence-electron chi connectivity index (χ4n) is 7.18. The van der Waals surface area contributed by atoms with Crippen LogP contribution in [-0.4, -0.2) is 54.9 Å². The van der Waals surface area contributed by atoms with Crippen molar-refractivity contribution in [1.82, 2.24) is 20.9 Å². The molecular formula is C38H45N5O4. The Morgan fingerprint density at radius 1 is 0.851 bits per heavy atom. The van der Waals surface area contributed by atoms with Crippen LogP contribution in [0.4, 0.5) is 5.69 Å². The fourth-order valence-corrected chi connectivity index (χ4v) is 7.18. The molecule has 9 heteroatoms. The highest BCUT2D eigenvalue weighted by molar-refractivity contribution is 6.03. The molecule has 1 saturated heterocycles. The third kappa shape index (κ3) is 7.15. The van der Waals surface area contributed by atoms with Crippen LogP contribution in [0.2, 0.25) is 0 Å². The predicted molar refractivity (Wildman–Crippen MR) is 185 cm³/mol. The molecule has 3 aromatic carbocycles. The van der Waals surface area contributed by atoms with Crippen molar-refractivity contribution in [2.75, 3.05) is 33.2 Å². The minimum absolute atomic E-state index is 0.00945. The molecular weight excluding hydrogens is 590 g/mol. The van der Waals surface area contributed by atoms with Crippen molar-refractivity contribution >= 4 is 17.5 Å². The second-order valence-electron chi connectivity index (χ2n) is 12.2. The molecule has 3 aromatic rings. The standard InChI is InChI=1S/C38H45N5O4/c1-4-31-34(36(44)39-3)33(27-17-19-30(20-18-27)43(46)47)35(32(5-2)41-31)37(45)40-23-12-24-42-25-21-38(22-26-42,28-13-8-6-9-14-28)29-15-10-7-11-16-29/h6-11,13-20,33,41H,4-5,12,21-26H2,1-3H3,(H,39,44)(H,40,45). The first kappa shape index (κ1) is 33.6. The van der Waals surface area contributed by atoms with Gasteiger partial charge in [0.15, 0.2) is 0 Å². The van der Waals surface area contributed by atoms with E-state index < -0.39 is 10.8 Å². The summed E-state index contributed by atoms with van der Waals surface area (Å²) in [7, 11) is 1.57. The molecule has 1 unspecified atom stereocenters. The van der Waals surface area contributed by atoms with Gasteiger partial charge in [0, 0.05) is 59.6 Å². The lowest BCUT2D eigenvalue weighted by molar-refractivity contribution is -0.384. The Morgan fingerprint density at radius 2 is 1.38 bits per heavy atom. The van der Waals surface area contributed by atoms with Gasteiger partial charge in [0.05, 0.1) is 4.92 Å². The van der Waals surface area contributed by atoms with E-state index in [4.69, 9.17) is 0 Å². The maximum atomic E-state index is 13.9. The van der Waals surface area contributed by atoms with E-state index in [-0.39, 0.29) is 22.9 Å². The zero-order valence-electron chi connectivity index (χ0n) is 27.6. The Balaban J connectivity index is 1.28. The number of nitrogens with one attached hydrogen (secondary N) is 3. The lowest BCUT2D eigenvalue weighted by atomic mass is 9.68. The summed E-state index contributed by atoms with van der Waals surface area (Å²) in [5.41, 5.74) is 5.76. The van der Waals surface area contributed by atoms with E-state index in [0.717, 1.165) is 50.3 Å². The number of non-ortho nitro benzene ring substituents is 1. The van der Waals surface area contributed by atoms with E-state index >= 15 is 0 Å². The summed E-state index contributed by atoms with van der Waals surface area (Å²) < 4.78 is 0. The third-order valence-electron chi connectivity index (χ3n) is 9.69. The topological polar surface area (TPSA) is 117 Å². The minimum atomic E-state index is -0.659. The van der Waals surface area contributed by atoms with Gasteiger partial charge in [0.2, 0.25) is 11.8 Å². The molecule has 2 amide bonds. The van der Waals surface area contributed by atoms with Gasteiger partial charge in [0.25, 0.3) is 5.69 Å². The van der Waals surface area contributed by atoms with E-state index in [0.29, 0.717) is 36.1 Å². The number of piperidine rings is 1. The fraction of sp³-hybridized carbons (Fsp3) is 0.368. The molecule has 0 saturated carbocycles. The average Bonchev–Trinajstić information content (AvgIpc) is 3.13. The largest absolute Gasteiger partial charge is 0.361 e. The minimum Gasteiger partial charge on any atom is -0.361 e. The molecule has 0 spiro atoms. The van der Waals surface area contributed by atoms with Crippen LogP contribution in [0.15, 0.2) is 107 Å². The van der Waals surface area contributed by atoms with Gasteiger partial charge in [-0.05, 0) is 68.4 Å². The second kappa shape index (κ2) is 15.2. The molecule has 0 aromatic heterocycles. The predicted octanol–water partition coefficient (Wildman–Crippen LogP) is 5.94. The molecule has 3 N–H and O–H groups in total. The number of carbonyl (C=O) groups is 2. The quantitative estimate of drug-likeness (QED) is 0.129. The molecule has 2 heterocycles. The van der Waals surface area contributed by atoms with Crippen LogP contribution in [0, 0.1) is 10.1 Å². The van der Waals surface area contributed by atoms with Crippen LogP contribution in [0.5, 0.6) is 0 Å². The molecule has 2 aliphatic rings. The number of hydrogen-bond donors (Lipinski definition) is 3. The van der Waals surface area contributed by atoms with Crippen molar-refractivity contribution in [2.45, 2.75) is 57.3 Å². The Hall–Kier alpha value is -4.76. The Morgan fingerprint density at radius 3 is 1.87 bits per heavy atom.